The van der Waals surface area contributed by atoms with Crippen LogP contribution in [0.3, 0.4) is 0 Å². The highest BCUT2D eigenvalue weighted by Gasteiger charge is 2.24. The van der Waals surface area contributed by atoms with Gasteiger partial charge in [0.25, 0.3) is 0 Å². The number of nitrogens with zero attached hydrogens (tertiary/aromatic N) is 12. The molecule has 0 saturated carbocycles. The molecule has 0 bridgehead atoms. The fourth-order valence-electron chi connectivity index (χ4n) is 15.1. The summed E-state index contributed by atoms with van der Waals surface area (Å²) in [6.45, 7) is 2.05. The first-order chi connectivity index (χ1) is 59.3. The molecule has 2 aliphatic carbocycles. The van der Waals surface area contributed by atoms with Gasteiger partial charge in [0.2, 0.25) is 23.5 Å². The molecule has 18 heteroatoms. The number of hydrogen-bond donors (Lipinski definition) is 6. The molecule has 2 aliphatic rings. The van der Waals surface area contributed by atoms with Crippen LogP contribution >= 0.6 is 0 Å². The van der Waals surface area contributed by atoms with Gasteiger partial charge in [0.05, 0.1) is 45.6 Å². The summed E-state index contributed by atoms with van der Waals surface area (Å²) in [5.41, 5.74) is 25.9. The molecular formula is C103H86N12O6. The van der Waals surface area contributed by atoms with E-state index in [1.54, 1.807) is 48.1 Å². The van der Waals surface area contributed by atoms with E-state index in [1.807, 2.05) is 213 Å². The van der Waals surface area contributed by atoms with Crippen LogP contribution < -0.4 is 0 Å². The van der Waals surface area contributed by atoms with Crippen molar-refractivity contribution in [2.24, 2.45) is 0 Å². The number of aromatic hydroxyl groups is 6. The molecule has 0 amide bonds. The number of benzene rings is 10. The van der Waals surface area contributed by atoms with E-state index in [9.17, 15) is 30.6 Å². The number of phenolic OH excluding ortho intramolecular Hbond substituents is 2. The zero-order valence-corrected chi connectivity index (χ0v) is 66.5. The van der Waals surface area contributed by atoms with E-state index >= 15 is 0 Å². The van der Waals surface area contributed by atoms with Crippen LogP contribution in [-0.4, -0.2) is 88.1 Å². The van der Waals surface area contributed by atoms with Gasteiger partial charge in [-0.2, -0.15) is 0 Å². The quantitative estimate of drug-likeness (QED) is 0.0416. The minimum Gasteiger partial charge on any atom is -0.508 e. The maximum Gasteiger partial charge on any atom is 0.219 e. The maximum atomic E-state index is 11.0. The van der Waals surface area contributed by atoms with E-state index in [0.29, 0.717) is 102 Å². The lowest BCUT2D eigenvalue weighted by Crippen LogP contribution is -2.00. The first-order valence-corrected chi connectivity index (χ1v) is 40.3. The van der Waals surface area contributed by atoms with Gasteiger partial charge in [0, 0.05) is 98.4 Å². The molecule has 0 aliphatic heterocycles. The van der Waals surface area contributed by atoms with Gasteiger partial charge in [-0.3, -0.25) is 17.6 Å². The minimum atomic E-state index is 0.123. The summed E-state index contributed by atoms with van der Waals surface area (Å²) in [6, 6.07) is 92.9. The van der Waals surface area contributed by atoms with Crippen molar-refractivity contribution in [2.75, 3.05) is 0 Å². The highest BCUT2D eigenvalue weighted by Crippen LogP contribution is 2.36. The Bertz CT molecular complexity index is 6790. The number of phenols is 2. The smallest absolute Gasteiger partial charge is 0.219 e. The number of aryl methyl sites for hydroxylation is 1. The molecule has 594 valence electrons. The minimum absolute atomic E-state index is 0.123. The van der Waals surface area contributed by atoms with Gasteiger partial charge in [0.15, 0.2) is 22.6 Å². The normalized spacial score (nSPS) is 12.1. The zero-order chi connectivity index (χ0) is 82.5. The predicted octanol–water partition coefficient (Wildman–Crippen LogP) is 20.5. The van der Waals surface area contributed by atoms with Crippen molar-refractivity contribution in [3.05, 3.63) is 442 Å². The van der Waals surface area contributed by atoms with Gasteiger partial charge in [0.1, 0.15) is 34.3 Å². The Morgan fingerprint density at radius 1 is 0.240 bits per heavy atom. The highest BCUT2D eigenvalue weighted by molar-refractivity contribution is 5.68. The fourth-order valence-corrected chi connectivity index (χ4v) is 15.1. The Hall–Kier alpha value is -15.6. The summed E-state index contributed by atoms with van der Waals surface area (Å²) in [4.78, 5) is 38.8. The number of allylic oxidation sites excluding steroid dienone is 8. The molecule has 20 rings (SSSR count). The Morgan fingerprint density at radius 3 is 0.727 bits per heavy atom. The van der Waals surface area contributed by atoms with Gasteiger partial charge in [-0.1, -0.05) is 290 Å². The summed E-state index contributed by atoms with van der Waals surface area (Å²) in [7, 11) is 0. The molecule has 0 radical (unpaired) electrons. The van der Waals surface area contributed by atoms with Crippen molar-refractivity contribution in [2.45, 2.75) is 71.1 Å². The van der Waals surface area contributed by atoms with Gasteiger partial charge in [-0.25, -0.2) is 39.9 Å². The molecule has 0 spiro atoms. The third-order valence-corrected chi connectivity index (χ3v) is 21.4. The molecule has 0 atom stereocenters. The van der Waals surface area contributed by atoms with Crippen molar-refractivity contribution in [3.63, 3.8) is 0 Å². The second-order valence-electron chi connectivity index (χ2n) is 30.2. The van der Waals surface area contributed by atoms with Crippen LogP contribution in [0.4, 0.5) is 0 Å². The molecule has 10 aromatic carbocycles. The zero-order valence-electron chi connectivity index (χ0n) is 66.5. The number of rotatable bonds is 20. The van der Waals surface area contributed by atoms with Crippen molar-refractivity contribution in [3.8, 4) is 80.0 Å². The van der Waals surface area contributed by atoms with Crippen LogP contribution in [0.2, 0.25) is 0 Å². The molecule has 6 N–H and O–H groups in total. The Kier molecular flexibility index (Phi) is 23.1. The summed E-state index contributed by atoms with van der Waals surface area (Å²) < 4.78 is 7.00. The number of fused-ring (bicyclic) bond motifs is 4. The number of aromatic nitrogens is 12. The summed E-state index contributed by atoms with van der Waals surface area (Å²) >= 11 is 0. The molecular weight excluding hydrogens is 1500 g/mol. The summed E-state index contributed by atoms with van der Waals surface area (Å²) in [6.07, 6.45) is 26.5. The Labute approximate surface area is 699 Å². The lowest BCUT2D eigenvalue weighted by atomic mass is 10.1. The fraction of sp³-hybridized carbons (Fsp3) is 0.107. The van der Waals surface area contributed by atoms with Crippen LogP contribution in [0, 0.1) is 6.92 Å². The monoisotopic (exact) mass is 1590 g/mol. The van der Waals surface area contributed by atoms with Gasteiger partial charge in [-0.15, -0.1) is 0 Å². The van der Waals surface area contributed by atoms with Crippen LogP contribution in [0.15, 0.2) is 358 Å². The van der Waals surface area contributed by atoms with E-state index in [0.717, 1.165) is 103 Å². The van der Waals surface area contributed by atoms with E-state index in [2.05, 4.69) is 110 Å². The number of imidazole rings is 4. The molecule has 18 aromatic rings. The lowest BCUT2D eigenvalue weighted by Gasteiger charge is -2.08. The first-order valence-electron chi connectivity index (χ1n) is 40.3. The highest BCUT2D eigenvalue weighted by atomic mass is 16.3. The largest absolute Gasteiger partial charge is 0.508 e. The first kappa shape index (κ1) is 78.0. The molecule has 0 fully saturated rings. The van der Waals surface area contributed by atoms with Gasteiger partial charge < -0.3 is 30.6 Å². The Morgan fingerprint density at radius 2 is 0.471 bits per heavy atom. The Balaban J connectivity index is 0.000000115. The molecule has 0 saturated heterocycles. The van der Waals surface area contributed by atoms with Crippen LogP contribution in [-0.2, 0) is 51.4 Å². The van der Waals surface area contributed by atoms with Crippen molar-refractivity contribution in [1.29, 1.82) is 0 Å². The third-order valence-electron chi connectivity index (χ3n) is 21.4. The maximum absolute atomic E-state index is 11.0. The standard InChI is InChI=1S/C27H23N3O2.C26H21N3O.C25H21N3O2.C25H21N3O/c1-18-7-9-20(10-8-18)16-24-27(32)30-17-25(21-11-13-22(31)14-12-21)28-23(26(30)29-24)15-19-5-3-2-4-6-19;30-26-23(17-20-12-6-2-7-13-20)28-25-22(16-19-10-4-1-5-11-19)27-24(18-29(25)26)21-14-8-3-9-15-21;29-20-12-10-19(11-13-20)23-16-28-24(21(26-23)14-17-6-2-1-3-7-17)27-22(25(28)30)15-18-8-4-5-9-18;29-25-22(16-19-11-7-8-12-19)27-24-21(15-18-9-3-1-4-10-18)26-23(17-28(24)25)20-13-5-2-6-14-20/h2-14,17,31-32H,15-16H2,1H3;1-15,18,30H,16-17H2;1-8,10-13,16,29-30H,9,14-15H2;1-11,13-14,17,29H,12,15-16H2. The second-order valence-corrected chi connectivity index (χ2v) is 30.2. The average molecular weight is 1590 g/mol. The van der Waals surface area contributed by atoms with Gasteiger partial charge >= 0.3 is 0 Å². The van der Waals surface area contributed by atoms with E-state index in [4.69, 9.17) is 39.9 Å². The van der Waals surface area contributed by atoms with Crippen LogP contribution in [0.25, 0.3) is 67.6 Å². The molecule has 8 aromatic heterocycles. The van der Waals surface area contributed by atoms with Gasteiger partial charge in [-0.05, 0) is 102 Å². The molecule has 18 nitrogen and oxygen atoms in total. The van der Waals surface area contributed by atoms with Crippen molar-refractivity contribution < 1.29 is 30.6 Å². The summed E-state index contributed by atoms with van der Waals surface area (Å²) in [5.74, 6) is 1.04. The van der Waals surface area contributed by atoms with E-state index < -0.39 is 0 Å². The second kappa shape index (κ2) is 35.9. The SMILES string of the molecule is Cc1ccc(Cc2nc3c(Cc4ccccc4)nc(-c4ccc(O)cc4)cn3c2O)cc1.Oc1c(CC2=CC=CC2)nc2c(Cc3ccccc3)nc(-c3ccccc3)cn12.Oc1c(Cc2ccccc2)nc2c(Cc3ccccc3)nc(-c3ccccc3)cn12.Oc1ccc(-c2cn3c(O)c(CC4=CC=CC4)nc3c(Cc3ccccc3)n2)cc1. The number of hydrogen-bond acceptors (Lipinski definition) is 14. The van der Waals surface area contributed by atoms with Crippen molar-refractivity contribution >= 4 is 22.6 Å². The average Bonchev–Trinajstić information content (AvgIpc) is 1.65. The van der Waals surface area contributed by atoms with Crippen molar-refractivity contribution in [1.82, 2.24) is 57.5 Å². The van der Waals surface area contributed by atoms with Crippen LogP contribution in [0.5, 0.6) is 35.0 Å². The molecule has 8 heterocycles. The van der Waals surface area contributed by atoms with E-state index in [-0.39, 0.29) is 35.0 Å². The summed E-state index contributed by atoms with van der Waals surface area (Å²) in [5, 5.41) is 63.2. The predicted molar refractivity (Wildman–Crippen MR) is 475 cm³/mol. The van der Waals surface area contributed by atoms with E-state index in [1.165, 1.54) is 22.3 Å². The third kappa shape index (κ3) is 18.3. The van der Waals surface area contributed by atoms with Crippen LogP contribution in [0.1, 0.15) is 97.3 Å². The molecule has 121 heavy (non-hydrogen) atoms. The topological polar surface area (TPSA) is 242 Å². The molecule has 0 unspecified atom stereocenters. The lowest BCUT2D eigenvalue weighted by molar-refractivity contribution is 0.441.